The van der Waals surface area contributed by atoms with E-state index >= 15 is 0 Å². The van der Waals surface area contributed by atoms with Crippen LogP contribution in [0.4, 0.5) is 10.6 Å². The molecule has 2 aliphatic heterocycles. The molecule has 1 aromatic carbocycles. The number of likely N-dealkylation sites (tertiary alicyclic amines) is 1. The van der Waals surface area contributed by atoms with Crippen LogP contribution >= 0.6 is 11.6 Å². The summed E-state index contributed by atoms with van der Waals surface area (Å²) in [5.41, 5.74) is 0.383. The minimum Gasteiger partial charge on any atom is -0.445 e. The molecule has 3 heterocycles. The van der Waals surface area contributed by atoms with E-state index in [1.54, 1.807) is 21.6 Å². The first kappa shape index (κ1) is 22.3. The Kier molecular flexibility index (Phi) is 6.25. The van der Waals surface area contributed by atoms with E-state index in [0.29, 0.717) is 37.2 Å². The number of hydrogen-bond donors (Lipinski definition) is 0. The number of fused-ring (bicyclic) bond motifs is 1. The largest absolute Gasteiger partial charge is 0.445 e. The summed E-state index contributed by atoms with van der Waals surface area (Å²) in [6.07, 6.45) is 2.77. The zero-order chi connectivity index (χ0) is 22.9. The van der Waals surface area contributed by atoms with Gasteiger partial charge in [0.1, 0.15) is 18.4 Å². The minimum absolute atomic E-state index is 0.203. The predicted octanol–water partition coefficient (Wildman–Crippen LogP) is 3.33. The number of imidazole rings is 1. The number of nitrogens with zero attached hydrogens (tertiary/aromatic N) is 5. The highest BCUT2D eigenvalue weighted by Crippen LogP contribution is 2.32. The Bertz CT molecular complexity index is 963. The first-order chi connectivity index (χ1) is 15.2. The van der Waals surface area contributed by atoms with Crippen LogP contribution in [0.1, 0.15) is 25.3 Å². The average molecular weight is 464 g/mol. The van der Waals surface area contributed by atoms with Gasteiger partial charge in [0, 0.05) is 35.7 Å². The summed E-state index contributed by atoms with van der Waals surface area (Å²) in [7, 11) is 2.04. The van der Waals surface area contributed by atoms with Crippen molar-refractivity contribution >= 4 is 23.5 Å². The van der Waals surface area contributed by atoms with E-state index in [-0.39, 0.29) is 24.5 Å². The molecular formula is C21H26ClN5O5. The fraction of sp³-hybridized carbons (Fsp3) is 0.524. The molecule has 0 saturated carbocycles. The van der Waals surface area contributed by atoms with Crippen molar-refractivity contribution in [2.24, 2.45) is 0 Å². The maximum atomic E-state index is 12.4. The molecule has 0 N–H and O–H groups in total. The number of aromatic nitrogens is 2. The zero-order valence-electron chi connectivity index (χ0n) is 18.1. The Labute approximate surface area is 190 Å². The van der Waals surface area contributed by atoms with Gasteiger partial charge >= 0.3 is 17.9 Å². The number of halogens is 1. The van der Waals surface area contributed by atoms with Gasteiger partial charge in [-0.3, -0.25) is 9.47 Å². The second-order valence-electron chi connectivity index (χ2n) is 8.63. The van der Waals surface area contributed by atoms with Crippen LogP contribution in [-0.4, -0.2) is 68.7 Å². The molecule has 0 radical (unpaired) electrons. The topological polar surface area (TPSA) is 103 Å². The van der Waals surface area contributed by atoms with Crippen molar-refractivity contribution in [3.8, 4) is 6.01 Å². The molecule has 2 aromatic rings. The smallest absolute Gasteiger partial charge is 0.415 e. The van der Waals surface area contributed by atoms with E-state index < -0.39 is 10.5 Å². The maximum absolute atomic E-state index is 12.4. The molecule has 1 aromatic heterocycles. The van der Waals surface area contributed by atoms with Gasteiger partial charge in [-0.2, -0.15) is 0 Å². The Morgan fingerprint density at radius 2 is 2.06 bits per heavy atom. The molecule has 32 heavy (non-hydrogen) atoms. The van der Waals surface area contributed by atoms with Gasteiger partial charge in [0.15, 0.2) is 0 Å². The van der Waals surface area contributed by atoms with Crippen molar-refractivity contribution in [3.63, 3.8) is 0 Å². The number of rotatable bonds is 6. The first-order valence-electron chi connectivity index (χ1n) is 10.5. The fourth-order valence-corrected chi connectivity index (χ4v) is 4.45. The number of likely N-dealkylation sites (N-methyl/N-ethyl adjacent to an activating group) is 1. The Balaban J connectivity index is 1.23. The lowest BCUT2D eigenvalue weighted by molar-refractivity contribution is -0.389. The summed E-state index contributed by atoms with van der Waals surface area (Å²) in [6.45, 7) is 4.60. The summed E-state index contributed by atoms with van der Waals surface area (Å²) < 4.78 is 13.1. The van der Waals surface area contributed by atoms with E-state index in [9.17, 15) is 14.9 Å². The maximum Gasteiger partial charge on any atom is 0.415 e. The van der Waals surface area contributed by atoms with Crippen LogP contribution in [0, 0.1) is 10.1 Å². The molecule has 1 saturated heterocycles. The van der Waals surface area contributed by atoms with Gasteiger partial charge < -0.3 is 24.5 Å². The van der Waals surface area contributed by atoms with Gasteiger partial charge in [-0.1, -0.05) is 23.7 Å². The number of nitro groups is 1. The van der Waals surface area contributed by atoms with E-state index in [1.807, 2.05) is 26.1 Å². The van der Waals surface area contributed by atoms with Crippen LogP contribution in [0.5, 0.6) is 6.01 Å². The Hall–Kier alpha value is -2.85. The van der Waals surface area contributed by atoms with Gasteiger partial charge in [-0.25, -0.2) is 4.79 Å². The summed E-state index contributed by atoms with van der Waals surface area (Å²) in [4.78, 5) is 30.7. The van der Waals surface area contributed by atoms with Gasteiger partial charge in [0.05, 0.1) is 6.54 Å². The Morgan fingerprint density at radius 3 is 2.69 bits per heavy atom. The number of benzene rings is 1. The molecule has 1 amide bonds. The van der Waals surface area contributed by atoms with Crippen molar-refractivity contribution in [2.75, 3.05) is 26.7 Å². The first-order valence-corrected chi connectivity index (χ1v) is 10.9. The average Bonchev–Trinajstić information content (AvgIpc) is 3.28. The number of hydrogen-bond acceptors (Lipinski definition) is 7. The van der Waals surface area contributed by atoms with Crippen LogP contribution in [0.25, 0.3) is 0 Å². The summed E-state index contributed by atoms with van der Waals surface area (Å²) in [6, 6.07) is 7.81. The van der Waals surface area contributed by atoms with E-state index in [4.69, 9.17) is 21.1 Å². The highest BCUT2D eigenvalue weighted by molar-refractivity contribution is 6.30. The van der Waals surface area contributed by atoms with Crippen LogP contribution in [-0.2, 0) is 17.9 Å². The summed E-state index contributed by atoms with van der Waals surface area (Å²) in [5.74, 6) is -0.203. The molecule has 1 atom stereocenters. The van der Waals surface area contributed by atoms with E-state index in [2.05, 4.69) is 9.88 Å². The van der Waals surface area contributed by atoms with Crippen molar-refractivity contribution in [1.82, 2.24) is 19.4 Å². The number of ether oxygens (including phenoxy) is 2. The third-order valence-corrected chi connectivity index (χ3v) is 6.21. The molecule has 172 valence electrons. The van der Waals surface area contributed by atoms with E-state index in [0.717, 1.165) is 18.4 Å². The quantitative estimate of drug-likeness (QED) is 0.478. The lowest BCUT2D eigenvalue weighted by Gasteiger charge is -2.38. The second-order valence-corrected chi connectivity index (χ2v) is 9.07. The second kappa shape index (κ2) is 8.95. The SMILES string of the molecule is CN(C[C@@]1(C)Cn2cc([N+](=O)[O-])nc2O1)C1CCN(C(=O)OCc2ccc(Cl)cc2)CC1. The van der Waals surface area contributed by atoms with Gasteiger partial charge in [-0.15, -0.1) is 0 Å². The zero-order valence-corrected chi connectivity index (χ0v) is 18.8. The molecule has 0 bridgehead atoms. The van der Waals surface area contributed by atoms with Crippen LogP contribution in [0.15, 0.2) is 30.5 Å². The van der Waals surface area contributed by atoms with Gasteiger partial charge in [0.25, 0.3) is 0 Å². The van der Waals surface area contributed by atoms with Gasteiger partial charge in [-0.05, 0) is 49.4 Å². The van der Waals surface area contributed by atoms with Gasteiger partial charge in [0.2, 0.25) is 0 Å². The standard InChI is InChI=1S/C21H26ClN5O5/c1-21(14-26-11-18(27(29)30)23-19(26)32-21)13-24(2)17-7-9-25(10-8-17)20(28)31-12-15-3-5-16(22)6-4-15/h3-6,11,17H,7-10,12-14H2,1-2H3/t21-/m0/s1. The highest BCUT2D eigenvalue weighted by atomic mass is 35.5. The minimum atomic E-state index is -0.521. The third-order valence-electron chi connectivity index (χ3n) is 5.96. The van der Waals surface area contributed by atoms with Crippen molar-refractivity contribution in [3.05, 3.63) is 51.2 Å². The third kappa shape index (κ3) is 4.97. The normalized spacial score (nSPS) is 20.8. The van der Waals surface area contributed by atoms with Crippen molar-refractivity contribution in [2.45, 2.75) is 44.6 Å². The van der Waals surface area contributed by atoms with Crippen LogP contribution in [0.2, 0.25) is 5.02 Å². The van der Waals surface area contributed by atoms with Crippen molar-refractivity contribution < 1.29 is 19.2 Å². The lowest BCUT2D eigenvalue weighted by atomic mass is 10.0. The summed E-state index contributed by atoms with van der Waals surface area (Å²) >= 11 is 5.88. The van der Waals surface area contributed by atoms with Crippen LogP contribution in [0.3, 0.4) is 0 Å². The molecule has 4 rings (SSSR count). The Morgan fingerprint density at radius 1 is 1.38 bits per heavy atom. The molecule has 2 aliphatic rings. The molecule has 0 unspecified atom stereocenters. The molecule has 11 heteroatoms. The predicted molar refractivity (Wildman–Crippen MR) is 117 cm³/mol. The number of piperidine rings is 1. The fourth-order valence-electron chi connectivity index (χ4n) is 4.33. The van der Waals surface area contributed by atoms with Crippen LogP contribution < -0.4 is 4.74 Å². The number of amides is 1. The summed E-state index contributed by atoms with van der Waals surface area (Å²) in [5, 5.41) is 11.5. The molecular weight excluding hydrogens is 438 g/mol. The molecule has 1 fully saturated rings. The number of carbonyl (C=O) groups excluding carboxylic acids is 1. The lowest BCUT2D eigenvalue weighted by Crippen LogP contribution is -2.51. The van der Waals surface area contributed by atoms with E-state index in [1.165, 1.54) is 6.20 Å². The number of carbonyl (C=O) groups is 1. The molecule has 0 spiro atoms. The monoisotopic (exact) mass is 463 g/mol. The molecule has 10 nitrogen and oxygen atoms in total. The van der Waals surface area contributed by atoms with Crippen molar-refractivity contribution in [1.29, 1.82) is 0 Å². The molecule has 0 aliphatic carbocycles. The highest BCUT2D eigenvalue weighted by Gasteiger charge is 2.42.